The van der Waals surface area contributed by atoms with Gasteiger partial charge in [-0.25, -0.2) is 0 Å². The molecule has 20 heavy (non-hydrogen) atoms. The highest BCUT2D eigenvalue weighted by atomic mass is 79.9. The van der Waals surface area contributed by atoms with E-state index in [4.69, 9.17) is 5.73 Å². The van der Waals surface area contributed by atoms with Gasteiger partial charge < -0.3 is 10.6 Å². The van der Waals surface area contributed by atoms with Crippen molar-refractivity contribution in [3.8, 4) is 0 Å². The fourth-order valence-corrected chi connectivity index (χ4v) is 2.86. The summed E-state index contributed by atoms with van der Waals surface area (Å²) in [6.45, 7) is 6.46. The Kier molecular flexibility index (Phi) is 5.15. The topological polar surface area (TPSA) is 42.2 Å². The lowest BCUT2D eigenvalue weighted by atomic mass is 10.2. The summed E-state index contributed by atoms with van der Waals surface area (Å²) in [5.41, 5.74) is 10.1. The van der Waals surface area contributed by atoms with E-state index in [9.17, 15) is 0 Å². The molecule has 0 aliphatic rings. The van der Waals surface area contributed by atoms with Crippen LogP contribution >= 0.6 is 15.9 Å². The molecular formula is C16H20BrN3. The lowest BCUT2D eigenvalue weighted by Gasteiger charge is -2.24. The van der Waals surface area contributed by atoms with E-state index in [0.717, 1.165) is 34.5 Å². The zero-order chi connectivity index (χ0) is 14.5. The molecule has 0 saturated carbocycles. The number of aryl methyl sites for hydroxylation is 1. The van der Waals surface area contributed by atoms with Crippen LogP contribution in [-0.2, 0) is 13.1 Å². The maximum Gasteiger partial charge on any atom is 0.0602 e. The Morgan fingerprint density at radius 3 is 2.65 bits per heavy atom. The van der Waals surface area contributed by atoms with Crippen molar-refractivity contribution in [3.63, 3.8) is 0 Å². The number of hydrogen-bond donors (Lipinski definition) is 1. The highest BCUT2D eigenvalue weighted by molar-refractivity contribution is 9.10. The van der Waals surface area contributed by atoms with Crippen molar-refractivity contribution in [2.24, 2.45) is 5.73 Å². The predicted molar refractivity (Wildman–Crippen MR) is 87.7 cm³/mol. The summed E-state index contributed by atoms with van der Waals surface area (Å²) >= 11 is 3.64. The summed E-state index contributed by atoms with van der Waals surface area (Å²) in [7, 11) is 0. The average molecular weight is 334 g/mol. The Labute approximate surface area is 129 Å². The first-order valence-electron chi connectivity index (χ1n) is 6.80. The van der Waals surface area contributed by atoms with Crippen LogP contribution in [0.4, 0.5) is 5.69 Å². The molecule has 0 radical (unpaired) electrons. The first-order chi connectivity index (χ1) is 9.63. The molecule has 3 nitrogen and oxygen atoms in total. The largest absolute Gasteiger partial charge is 0.365 e. The smallest absolute Gasteiger partial charge is 0.0602 e. The van der Waals surface area contributed by atoms with E-state index in [-0.39, 0.29) is 0 Å². The number of anilines is 1. The minimum atomic E-state index is 0.560. The first-order valence-corrected chi connectivity index (χ1v) is 7.59. The van der Waals surface area contributed by atoms with E-state index < -0.39 is 0 Å². The molecule has 2 N–H and O–H groups in total. The summed E-state index contributed by atoms with van der Waals surface area (Å²) < 4.78 is 1.08. The van der Waals surface area contributed by atoms with Crippen molar-refractivity contribution >= 4 is 21.6 Å². The molecule has 0 unspecified atom stereocenters. The normalized spacial score (nSPS) is 10.6. The van der Waals surface area contributed by atoms with Crippen LogP contribution in [-0.4, -0.2) is 11.5 Å². The van der Waals surface area contributed by atoms with Crippen molar-refractivity contribution in [2.75, 3.05) is 11.4 Å². The number of rotatable bonds is 5. The van der Waals surface area contributed by atoms with Crippen molar-refractivity contribution in [1.82, 2.24) is 4.98 Å². The highest BCUT2D eigenvalue weighted by Crippen LogP contribution is 2.28. The lowest BCUT2D eigenvalue weighted by Crippen LogP contribution is -2.23. The Hall–Kier alpha value is -1.39. The average Bonchev–Trinajstić information content (AvgIpc) is 2.45. The summed E-state index contributed by atoms with van der Waals surface area (Å²) in [5.74, 6) is 0. The molecule has 1 heterocycles. The van der Waals surface area contributed by atoms with Crippen molar-refractivity contribution < 1.29 is 0 Å². The molecule has 0 atom stereocenters. The van der Waals surface area contributed by atoms with Gasteiger partial charge in [-0.2, -0.15) is 0 Å². The quantitative estimate of drug-likeness (QED) is 0.908. The molecule has 4 heteroatoms. The number of hydrogen-bond acceptors (Lipinski definition) is 3. The second kappa shape index (κ2) is 6.86. The third-order valence-corrected chi connectivity index (χ3v) is 3.90. The van der Waals surface area contributed by atoms with Gasteiger partial charge in [-0.15, -0.1) is 0 Å². The van der Waals surface area contributed by atoms with E-state index >= 15 is 0 Å². The third-order valence-electron chi connectivity index (χ3n) is 3.27. The van der Waals surface area contributed by atoms with E-state index in [1.165, 1.54) is 5.69 Å². The molecule has 0 aliphatic carbocycles. The third kappa shape index (κ3) is 3.58. The van der Waals surface area contributed by atoms with Gasteiger partial charge in [0.15, 0.2) is 0 Å². The molecule has 0 fully saturated rings. The van der Waals surface area contributed by atoms with Gasteiger partial charge in [-0.3, -0.25) is 4.98 Å². The van der Waals surface area contributed by atoms with Crippen LogP contribution in [0.15, 0.2) is 40.9 Å². The Morgan fingerprint density at radius 1 is 1.25 bits per heavy atom. The SMILES string of the molecule is CCN(Cc1cccc(C)n1)c1ccc(CN)cc1Br. The summed E-state index contributed by atoms with van der Waals surface area (Å²) in [6, 6.07) is 12.4. The number of halogens is 1. The molecule has 106 valence electrons. The number of nitrogens with two attached hydrogens (primary N) is 1. The fraction of sp³-hybridized carbons (Fsp3) is 0.312. The predicted octanol–water partition coefficient (Wildman–Crippen LogP) is 3.64. The number of pyridine rings is 1. The molecule has 0 saturated heterocycles. The van der Waals surface area contributed by atoms with Crippen molar-refractivity contribution in [1.29, 1.82) is 0 Å². The van der Waals surface area contributed by atoms with Crippen LogP contribution in [0.25, 0.3) is 0 Å². The molecule has 1 aromatic heterocycles. The van der Waals surface area contributed by atoms with Gasteiger partial charge in [-0.1, -0.05) is 12.1 Å². The van der Waals surface area contributed by atoms with Gasteiger partial charge in [-0.05, 0) is 59.6 Å². The number of benzene rings is 1. The zero-order valence-corrected chi connectivity index (χ0v) is 13.5. The minimum Gasteiger partial charge on any atom is -0.365 e. The molecule has 0 amide bonds. The molecule has 2 rings (SSSR count). The van der Waals surface area contributed by atoms with Crippen LogP contribution in [0, 0.1) is 6.92 Å². The second-order valence-electron chi connectivity index (χ2n) is 4.77. The molecule has 0 bridgehead atoms. The molecule has 0 aliphatic heterocycles. The van der Waals surface area contributed by atoms with E-state index in [1.807, 2.05) is 13.0 Å². The Morgan fingerprint density at radius 2 is 2.05 bits per heavy atom. The first kappa shape index (κ1) is 15.0. The van der Waals surface area contributed by atoms with Gasteiger partial charge in [0.2, 0.25) is 0 Å². The van der Waals surface area contributed by atoms with Crippen LogP contribution in [0.1, 0.15) is 23.9 Å². The van der Waals surface area contributed by atoms with Gasteiger partial charge in [0.25, 0.3) is 0 Å². The van der Waals surface area contributed by atoms with Crippen LogP contribution in [0.2, 0.25) is 0 Å². The molecule has 2 aromatic rings. The number of nitrogens with zero attached hydrogens (tertiary/aromatic N) is 2. The van der Waals surface area contributed by atoms with Crippen molar-refractivity contribution in [3.05, 3.63) is 57.8 Å². The Balaban J connectivity index is 2.24. The van der Waals surface area contributed by atoms with Gasteiger partial charge in [0.05, 0.1) is 17.9 Å². The molecular weight excluding hydrogens is 314 g/mol. The summed E-state index contributed by atoms with van der Waals surface area (Å²) in [4.78, 5) is 6.87. The van der Waals surface area contributed by atoms with Gasteiger partial charge in [0.1, 0.15) is 0 Å². The van der Waals surface area contributed by atoms with Crippen LogP contribution in [0.5, 0.6) is 0 Å². The van der Waals surface area contributed by atoms with Crippen molar-refractivity contribution in [2.45, 2.75) is 26.9 Å². The summed E-state index contributed by atoms with van der Waals surface area (Å²) in [6.07, 6.45) is 0. The van der Waals surface area contributed by atoms with E-state index in [2.05, 4.69) is 63.1 Å². The summed E-state index contributed by atoms with van der Waals surface area (Å²) in [5, 5.41) is 0. The van der Waals surface area contributed by atoms with E-state index in [1.54, 1.807) is 0 Å². The molecule has 1 aromatic carbocycles. The van der Waals surface area contributed by atoms with E-state index in [0.29, 0.717) is 6.54 Å². The Bertz CT molecular complexity index is 584. The van der Waals surface area contributed by atoms with Crippen LogP contribution < -0.4 is 10.6 Å². The lowest BCUT2D eigenvalue weighted by molar-refractivity contribution is 0.803. The number of aromatic nitrogens is 1. The maximum absolute atomic E-state index is 5.67. The highest BCUT2D eigenvalue weighted by Gasteiger charge is 2.10. The second-order valence-corrected chi connectivity index (χ2v) is 5.63. The van der Waals surface area contributed by atoms with Gasteiger partial charge in [0, 0.05) is 23.3 Å². The maximum atomic E-state index is 5.67. The fourth-order valence-electron chi connectivity index (χ4n) is 2.18. The standard InChI is InChI=1S/C16H20BrN3/c1-3-20(11-14-6-4-5-12(2)19-14)16-8-7-13(10-18)9-15(16)17/h4-9H,3,10-11,18H2,1-2H3. The monoisotopic (exact) mass is 333 g/mol. The zero-order valence-electron chi connectivity index (χ0n) is 11.9. The minimum absolute atomic E-state index is 0.560. The molecule has 0 spiro atoms. The van der Waals surface area contributed by atoms with Gasteiger partial charge >= 0.3 is 0 Å². The van der Waals surface area contributed by atoms with Crippen LogP contribution in [0.3, 0.4) is 0 Å².